The van der Waals surface area contributed by atoms with Crippen molar-refractivity contribution in [1.82, 2.24) is 4.90 Å². The number of rotatable bonds is 4. The van der Waals surface area contributed by atoms with Crippen molar-refractivity contribution in [2.45, 2.75) is 26.2 Å². The maximum Gasteiger partial charge on any atom is 0.148 e. The van der Waals surface area contributed by atoms with Crippen molar-refractivity contribution in [3.8, 4) is 0 Å². The van der Waals surface area contributed by atoms with Gasteiger partial charge in [0.1, 0.15) is 9.84 Å². The SMILES string of the molecule is Cc1ccc(C2CCN(CCS(C)(=O)=O)C2)c(C)c1. The molecule has 3 nitrogen and oxygen atoms in total. The number of sulfone groups is 1. The topological polar surface area (TPSA) is 37.4 Å². The molecule has 4 heteroatoms. The van der Waals surface area contributed by atoms with Gasteiger partial charge in [0, 0.05) is 19.3 Å². The summed E-state index contributed by atoms with van der Waals surface area (Å²) in [6.45, 7) is 6.94. The molecule has 1 aromatic carbocycles. The van der Waals surface area contributed by atoms with Gasteiger partial charge in [-0.1, -0.05) is 23.8 Å². The van der Waals surface area contributed by atoms with Crippen LogP contribution in [0.15, 0.2) is 18.2 Å². The van der Waals surface area contributed by atoms with Gasteiger partial charge in [-0.25, -0.2) is 8.42 Å². The number of likely N-dealkylation sites (tertiary alicyclic amines) is 1. The number of hydrogen-bond donors (Lipinski definition) is 0. The minimum absolute atomic E-state index is 0.270. The van der Waals surface area contributed by atoms with Crippen LogP contribution in [0.2, 0.25) is 0 Å². The van der Waals surface area contributed by atoms with Gasteiger partial charge in [0.2, 0.25) is 0 Å². The Labute approximate surface area is 116 Å². The summed E-state index contributed by atoms with van der Waals surface area (Å²) in [7, 11) is -2.85. The molecular weight excluding hydrogens is 258 g/mol. The zero-order chi connectivity index (χ0) is 14.0. The molecule has 2 rings (SSSR count). The van der Waals surface area contributed by atoms with Crippen molar-refractivity contribution in [3.05, 3.63) is 34.9 Å². The van der Waals surface area contributed by atoms with Crippen LogP contribution in [0.3, 0.4) is 0 Å². The Morgan fingerprint density at radius 2 is 2.05 bits per heavy atom. The van der Waals surface area contributed by atoms with Crippen LogP contribution >= 0.6 is 0 Å². The fraction of sp³-hybridized carbons (Fsp3) is 0.600. The van der Waals surface area contributed by atoms with Gasteiger partial charge < -0.3 is 4.90 Å². The largest absolute Gasteiger partial charge is 0.302 e. The number of benzene rings is 1. The average molecular weight is 281 g/mol. The Hall–Kier alpha value is -0.870. The molecule has 1 aliphatic rings. The molecule has 0 aromatic heterocycles. The van der Waals surface area contributed by atoms with E-state index in [1.165, 1.54) is 22.9 Å². The van der Waals surface area contributed by atoms with E-state index < -0.39 is 9.84 Å². The molecule has 19 heavy (non-hydrogen) atoms. The maximum atomic E-state index is 11.2. The normalized spacial score (nSPS) is 20.9. The van der Waals surface area contributed by atoms with Crippen LogP contribution in [-0.4, -0.2) is 45.0 Å². The lowest BCUT2D eigenvalue weighted by Crippen LogP contribution is -2.26. The summed E-state index contributed by atoms with van der Waals surface area (Å²) in [5.41, 5.74) is 4.08. The van der Waals surface area contributed by atoms with E-state index in [2.05, 4.69) is 36.9 Å². The summed E-state index contributed by atoms with van der Waals surface area (Å²) in [6, 6.07) is 6.63. The minimum atomic E-state index is -2.85. The fourth-order valence-electron chi connectivity index (χ4n) is 2.87. The highest BCUT2D eigenvalue weighted by Crippen LogP contribution is 2.29. The van der Waals surface area contributed by atoms with Crippen molar-refractivity contribution in [2.75, 3.05) is 31.6 Å². The van der Waals surface area contributed by atoms with E-state index in [9.17, 15) is 8.42 Å². The van der Waals surface area contributed by atoms with Crippen molar-refractivity contribution in [3.63, 3.8) is 0 Å². The number of nitrogens with zero attached hydrogens (tertiary/aromatic N) is 1. The van der Waals surface area contributed by atoms with E-state index in [0.717, 1.165) is 19.5 Å². The highest BCUT2D eigenvalue weighted by molar-refractivity contribution is 7.90. The molecule has 0 spiro atoms. The second kappa shape index (κ2) is 5.63. The zero-order valence-corrected chi connectivity index (χ0v) is 12.8. The highest BCUT2D eigenvalue weighted by Gasteiger charge is 2.25. The van der Waals surface area contributed by atoms with Crippen LogP contribution in [-0.2, 0) is 9.84 Å². The van der Waals surface area contributed by atoms with Crippen molar-refractivity contribution in [1.29, 1.82) is 0 Å². The minimum Gasteiger partial charge on any atom is -0.302 e. The van der Waals surface area contributed by atoms with Crippen molar-refractivity contribution < 1.29 is 8.42 Å². The molecule has 0 bridgehead atoms. The monoisotopic (exact) mass is 281 g/mol. The van der Waals surface area contributed by atoms with Crippen molar-refractivity contribution in [2.24, 2.45) is 0 Å². The molecule has 1 aliphatic heterocycles. The number of hydrogen-bond acceptors (Lipinski definition) is 3. The lowest BCUT2D eigenvalue weighted by atomic mass is 9.93. The Kier molecular flexibility index (Phi) is 4.31. The average Bonchev–Trinajstić information content (AvgIpc) is 2.74. The quantitative estimate of drug-likeness (QED) is 0.848. The van der Waals surface area contributed by atoms with Crippen molar-refractivity contribution >= 4 is 9.84 Å². The molecule has 106 valence electrons. The summed E-state index contributed by atoms with van der Waals surface area (Å²) in [6.07, 6.45) is 2.44. The molecule has 0 saturated carbocycles. The van der Waals surface area contributed by atoms with Gasteiger partial charge in [-0.3, -0.25) is 0 Å². The summed E-state index contributed by atoms with van der Waals surface area (Å²) < 4.78 is 22.4. The van der Waals surface area contributed by atoms with Gasteiger partial charge >= 0.3 is 0 Å². The molecule has 1 aromatic rings. The smallest absolute Gasteiger partial charge is 0.148 e. The van der Waals surface area contributed by atoms with E-state index in [0.29, 0.717) is 12.5 Å². The zero-order valence-electron chi connectivity index (χ0n) is 12.0. The Balaban J connectivity index is 1.98. The molecule has 0 aliphatic carbocycles. The highest BCUT2D eigenvalue weighted by atomic mass is 32.2. The van der Waals surface area contributed by atoms with Crippen LogP contribution in [0, 0.1) is 13.8 Å². The predicted octanol–water partition coefficient (Wildman–Crippen LogP) is 2.14. The first-order valence-corrected chi connectivity index (χ1v) is 8.88. The van der Waals surface area contributed by atoms with Crippen LogP contribution in [0.25, 0.3) is 0 Å². The Morgan fingerprint density at radius 1 is 1.32 bits per heavy atom. The van der Waals surface area contributed by atoms with E-state index in [1.54, 1.807) is 0 Å². The van der Waals surface area contributed by atoms with Crippen LogP contribution < -0.4 is 0 Å². The molecule has 1 heterocycles. The third-order valence-electron chi connectivity index (χ3n) is 3.92. The van der Waals surface area contributed by atoms with Crippen LogP contribution in [0.1, 0.15) is 29.0 Å². The number of aryl methyl sites for hydroxylation is 2. The van der Waals surface area contributed by atoms with Gasteiger partial charge in [0.15, 0.2) is 0 Å². The van der Waals surface area contributed by atoms with Gasteiger partial charge in [-0.15, -0.1) is 0 Å². The first-order chi connectivity index (χ1) is 8.85. The Bertz CT molecular complexity index is 551. The molecule has 1 atom stereocenters. The second-order valence-corrected chi connectivity index (χ2v) is 8.04. The molecule has 1 fully saturated rings. The van der Waals surface area contributed by atoms with E-state index in [4.69, 9.17) is 0 Å². The fourth-order valence-corrected chi connectivity index (χ4v) is 3.46. The predicted molar refractivity (Wildman–Crippen MR) is 79.4 cm³/mol. The van der Waals surface area contributed by atoms with E-state index >= 15 is 0 Å². The summed E-state index contributed by atoms with van der Waals surface area (Å²) in [4.78, 5) is 2.27. The molecule has 1 saturated heterocycles. The molecule has 0 N–H and O–H groups in total. The molecule has 1 unspecified atom stereocenters. The lowest BCUT2D eigenvalue weighted by molar-refractivity contribution is 0.354. The molecule has 0 amide bonds. The third kappa shape index (κ3) is 4.05. The van der Waals surface area contributed by atoms with E-state index in [1.807, 2.05) is 0 Å². The molecular formula is C15H23NO2S. The second-order valence-electron chi connectivity index (χ2n) is 5.78. The maximum absolute atomic E-state index is 11.2. The molecule has 0 radical (unpaired) electrons. The summed E-state index contributed by atoms with van der Waals surface area (Å²) in [5.74, 6) is 0.826. The third-order valence-corrected chi connectivity index (χ3v) is 4.84. The summed E-state index contributed by atoms with van der Waals surface area (Å²) in [5, 5.41) is 0. The van der Waals surface area contributed by atoms with Gasteiger partial charge in [-0.05, 0) is 43.9 Å². The lowest BCUT2D eigenvalue weighted by Gasteiger charge is -2.17. The Morgan fingerprint density at radius 3 is 2.68 bits per heavy atom. The van der Waals surface area contributed by atoms with Crippen LogP contribution in [0.4, 0.5) is 0 Å². The van der Waals surface area contributed by atoms with E-state index in [-0.39, 0.29) is 5.75 Å². The first kappa shape index (κ1) is 14.5. The standard InChI is InChI=1S/C15H23NO2S/c1-12-4-5-15(13(2)10-12)14-6-7-16(11-14)8-9-19(3,17)18/h4-5,10,14H,6-9,11H2,1-3H3. The van der Waals surface area contributed by atoms with Gasteiger partial charge in [-0.2, -0.15) is 0 Å². The first-order valence-electron chi connectivity index (χ1n) is 6.82. The van der Waals surface area contributed by atoms with Gasteiger partial charge in [0.05, 0.1) is 5.75 Å². The van der Waals surface area contributed by atoms with Crippen LogP contribution in [0.5, 0.6) is 0 Å². The van der Waals surface area contributed by atoms with Gasteiger partial charge in [0.25, 0.3) is 0 Å². The summed E-state index contributed by atoms with van der Waals surface area (Å²) >= 11 is 0.